The quantitative estimate of drug-likeness (QED) is 0.256. The average Bonchev–Trinajstić information content (AvgIpc) is 2.55. The van der Waals surface area contributed by atoms with Crippen LogP contribution in [0.4, 0.5) is 8.63 Å². The molecule has 2 nitrogen and oxygen atoms in total. The van der Waals surface area contributed by atoms with E-state index in [9.17, 15) is 18.2 Å². The summed E-state index contributed by atoms with van der Waals surface area (Å²) < 4.78 is 18.3. The van der Waals surface area contributed by atoms with Gasteiger partial charge in [0.15, 0.2) is 11.6 Å². The van der Waals surface area contributed by atoms with Crippen LogP contribution in [0.2, 0.25) is 0 Å². The zero-order valence-electron chi connectivity index (χ0n) is 10.9. The molecule has 0 aliphatic carbocycles. The third-order valence-corrected chi connectivity index (χ3v) is 3.71. The van der Waals surface area contributed by atoms with Gasteiger partial charge < -0.3 is 0 Å². The van der Waals surface area contributed by atoms with Gasteiger partial charge in [-0.15, -0.1) is 0 Å². The third kappa shape index (κ3) is 5.38. The van der Waals surface area contributed by atoms with Crippen molar-refractivity contribution in [3.8, 4) is 0 Å². The van der Waals surface area contributed by atoms with Crippen LogP contribution in [-0.2, 0) is 0 Å². The standard InChI is InChI=1S/C15H11IO2.BF2/c16-13(14(17)11-7-3-1-4-8-11)15(18)12-9-5-2-6-10-12;2-1-3/h1-10,13H;. The summed E-state index contributed by atoms with van der Waals surface area (Å²) in [6.45, 7) is 0. The molecule has 0 aliphatic rings. The van der Waals surface area contributed by atoms with Crippen molar-refractivity contribution in [2.75, 3.05) is 0 Å². The summed E-state index contributed by atoms with van der Waals surface area (Å²) in [5.74, 6) is -0.296. The lowest BCUT2D eigenvalue weighted by Crippen LogP contribution is -2.24. The van der Waals surface area contributed by atoms with Crippen molar-refractivity contribution in [2.24, 2.45) is 0 Å². The van der Waals surface area contributed by atoms with Gasteiger partial charge in [0.1, 0.15) is 3.92 Å². The first-order valence-corrected chi connectivity index (χ1v) is 7.21. The van der Waals surface area contributed by atoms with E-state index < -0.39 is 11.8 Å². The molecule has 6 heteroatoms. The molecule has 0 spiro atoms. The number of carbonyl (C=O) groups is 2. The maximum absolute atomic E-state index is 12.1. The lowest BCUT2D eigenvalue weighted by atomic mass is 10.0. The van der Waals surface area contributed by atoms with Gasteiger partial charge in [0, 0.05) is 11.1 Å². The van der Waals surface area contributed by atoms with Gasteiger partial charge >= 0.3 is 7.83 Å². The predicted octanol–water partition coefficient (Wildman–Crippen LogP) is 4.02. The first-order valence-electron chi connectivity index (χ1n) is 5.96. The van der Waals surface area contributed by atoms with Crippen LogP contribution in [0.25, 0.3) is 0 Å². The number of carbonyl (C=O) groups excluding carboxylic acids is 2. The van der Waals surface area contributed by atoms with E-state index in [1.54, 1.807) is 48.5 Å². The van der Waals surface area contributed by atoms with Crippen LogP contribution in [0.15, 0.2) is 60.7 Å². The Hall–Kier alpha value is -1.57. The molecule has 1 radical (unpaired) electrons. The molecule has 107 valence electrons. The van der Waals surface area contributed by atoms with Gasteiger partial charge in [0.05, 0.1) is 0 Å². The molecule has 0 amide bonds. The average molecular weight is 399 g/mol. The number of rotatable bonds is 4. The molecule has 0 aromatic heterocycles. The SMILES string of the molecule is F[B]F.O=C(c1ccccc1)C(I)C(=O)c1ccccc1. The largest absolute Gasteiger partial charge is 0.577 e. The molecular formula is C15H11BF2IO2. The van der Waals surface area contributed by atoms with Crippen LogP contribution in [0.3, 0.4) is 0 Å². The molecule has 0 N–H and O–H groups in total. The predicted molar refractivity (Wildman–Crippen MR) is 87.3 cm³/mol. The third-order valence-electron chi connectivity index (χ3n) is 2.58. The molecular weight excluding hydrogens is 388 g/mol. The minimum atomic E-state index is -1.00. The van der Waals surface area contributed by atoms with Gasteiger partial charge in [-0.25, -0.2) is 0 Å². The summed E-state index contributed by atoms with van der Waals surface area (Å²) in [6, 6.07) is 17.8. The Bertz CT molecular complexity index is 527. The Morgan fingerprint density at radius 3 is 1.38 bits per heavy atom. The van der Waals surface area contributed by atoms with Crippen molar-refractivity contribution in [1.29, 1.82) is 0 Å². The first-order chi connectivity index (χ1) is 10.1. The maximum atomic E-state index is 12.1. The summed E-state index contributed by atoms with van der Waals surface area (Å²) in [5, 5.41) is 0. The molecule has 2 rings (SSSR count). The van der Waals surface area contributed by atoms with E-state index in [-0.39, 0.29) is 11.6 Å². The Morgan fingerprint density at radius 1 is 0.810 bits per heavy atom. The van der Waals surface area contributed by atoms with Crippen LogP contribution in [0.5, 0.6) is 0 Å². The Balaban J connectivity index is 0.000000677. The highest BCUT2D eigenvalue weighted by Crippen LogP contribution is 2.16. The van der Waals surface area contributed by atoms with Crippen LogP contribution >= 0.6 is 22.6 Å². The molecule has 0 bridgehead atoms. The second-order valence-corrected chi connectivity index (χ2v) is 5.15. The van der Waals surface area contributed by atoms with Crippen molar-refractivity contribution < 1.29 is 18.2 Å². The van der Waals surface area contributed by atoms with E-state index in [0.717, 1.165) is 0 Å². The van der Waals surface area contributed by atoms with Crippen LogP contribution in [0.1, 0.15) is 20.7 Å². The first kappa shape index (κ1) is 17.5. The highest BCUT2D eigenvalue weighted by atomic mass is 127. The van der Waals surface area contributed by atoms with Crippen molar-refractivity contribution in [3.63, 3.8) is 0 Å². The minimum absolute atomic E-state index is 0.148. The molecule has 2 aromatic rings. The number of ketones is 2. The van der Waals surface area contributed by atoms with E-state index in [1.165, 1.54) is 0 Å². The van der Waals surface area contributed by atoms with Crippen LogP contribution in [0, 0.1) is 0 Å². The van der Waals surface area contributed by atoms with E-state index >= 15 is 0 Å². The fraction of sp³-hybridized carbons (Fsp3) is 0.0667. The van der Waals surface area contributed by atoms with Crippen molar-refractivity contribution in [1.82, 2.24) is 0 Å². The van der Waals surface area contributed by atoms with Gasteiger partial charge in [0.2, 0.25) is 0 Å². The Labute approximate surface area is 136 Å². The van der Waals surface area contributed by atoms with E-state index in [1.807, 2.05) is 34.7 Å². The minimum Gasteiger partial charge on any atom is -0.292 e. The van der Waals surface area contributed by atoms with Crippen molar-refractivity contribution in [2.45, 2.75) is 3.92 Å². The molecule has 0 saturated heterocycles. The number of alkyl halides is 1. The summed E-state index contributed by atoms with van der Waals surface area (Å²) in [7, 11) is -1.00. The Kier molecular flexibility index (Phi) is 7.82. The summed E-state index contributed by atoms with van der Waals surface area (Å²) >= 11 is 1.90. The van der Waals surface area contributed by atoms with Gasteiger partial charge in [-0.05, 0) is 0 Å². The van der Waals surface area contributed by atoms with Crippen molar-refractivity contribution in [3.05, 3.63) is 71.8 Å². The monoisotopic (exact) mass is 399 g/mol. The van der Waals surface area contributed by atoms with E-state index in [2.05, 4.69) is 0 Å². The number of hydrogen-bond acceptors (Lipinski definition) is 2. The second-order valence-electron chi connectivity index (χ2n) is 3.91. The van der Waals surface area contributed by atoms with Crippen LogP contribution in [-0.4, -0.2) is 23.3 Å². The fourth-order valence-electron chi connectivity index (χ4n) is 1.62. The van der Waals surface area contributed by atoms with Gasteiger partial charge in [-0.2, -0.15) is 0 Å². The Morgan fingerprint density at radius 2 is 1.10 bits per heavy atom. The molecule has 2 aromatic carbocycles. The van der Waals surface area contributed by atoms with Crippen molar-refractivity contribution >= 4 is 42.0 Å². The molecule has 21 heavy (non-hydrogen) atoms. The molecule has 0 fully saturated rings. The normalized spacial score (nSPS) is 9.52. The summed E-state index contributed by atoms with van der Waals surface area (Å²) in [6.07, 6.45) is 0. The smallest absolute Gasteiger partial charge is 0.292 e. The summed E-state index contributed by atoms with van der Waals surface area (Å²) in [4.78, 5) is 24.3. The molecule has 0 atom stereocenters. The van der Waals surface area contributed by atoms with E-state index in [0.29, 0.717) is 11.1 Å². The fourth-order valence-corrected chi connectivity index (χ4v) is 2.34. The van der Waals surface area contributed by atoms with Gasteiger partial charge in [-0.1, -0.05) is 83.3 Å². The number of halogens is 3. The second kappa shape index (κ2) is 9.39. The number of benzene rings is 2. The highest BCUT2D eigenvalue weighted by molar-refractivity contribution is 14.1. The topological polar surface area (TPSA) is 34.1 Å². The number of Topliss-reactive ketones (excluding diaryl/α,β-unsaturated/α-hetero) is 2. The number of hydrogen-bond donors (Lipinski definition) is 0. The maximum Gasteiger partial charge on any atom is 0.577 e. The highest BCUT2D eigenvalue weighted by Gasteiger charge is 2.25. The molecule has 0 unspecified atom stereocenters. The lowest BCUT2D eigenvalue weighted by Gasteiger charge is -2.08. The molecule has 0 aliphatic heterocycles. The van der Waals surface area contributed by atoms with Crippen LogP contribution < -0.4 is 0 Å². The zero-order valence-corrected chi connectivity index (χ0v) is 13.0. The summed E-state index contributed by atoms with van der Waals surface area (Å²) in [5.41, 5.74) is 1.14. The zero-order chi connectivity index (χ0) is 15.7. The van der Waals surface area contributed by atoms with Gasteiger partial charge in [0.25, 0.3) is 0 Å². The van der Waals surface area contributed by atoms with Gasteiger partial charge in [-0.3, -0.25) is 18.2 Å². The molecule has 0 heterocycles. The molecule has 0 saturated carbocycles. The lowest BCUT2D eigenvalue weighted by molar-refractivity contribution is 0.0910. The van der Waals surface area contributed by atoms with E-state index in [4.69, 9.17) is 0 Å².